The molecule has 1 aromatic carbocycles. The SMILES string of the molecule is CN(C)CCOC(=O)c1ccc(Cl)cc1N. The van der Waals surface area contributed by atoms with E-state index in [0.717, 1.165) is 0 Å². The first-order chi connectivity index (χ1) is 7.50. The quantitative estimate of drug-likeness (QED) is 0.644. The van der Waals surface area contributed by atoms with Crippen molar-refractivity contribution >= 4 is 23.3 Å². The molecule has 0 unspecified atom stereocenters. The number of nitrogen functional groups attached to an aromatic ring is 1. The summed E-state index contributed by atoms with van der Waals surface area (Å²) in [4.78, 5) is 13.5. The number of nitrogens with two attached hydrogens (primary N) is 1. The predicted molar refractivity (Wildman–Crippen MR) is 64.7 cm³/mol. The highest BCUT2D eigenvalue weighted by Crippen LogP contribution is 2.18. The number of hydrogen-bond acceptors (Lipinski definition) is 4. The van der Waals surface area contributed by atoms with Crippen LogP contribution in [0.1, 0.15) is 10.4 Å². The summed E-state index contributed by atoms with van der Waals surface area (Å²) in [5, 5.41) is 0.502. The zero-order chi connectivity index (χ0) is 12.1. The van der Waals surface area contributed by atoms with Gasteiger partial charge in [0.2, 0.25) is 0 Å². The molecule has 88 valence electrons. The third kappa shape index (κ3) is 3.72. The smallest absolute Gasteiger partial charge is 0.340 e. The number of hydrogen-bond donors (Lipinski definition) is 1. The van der Waals surface area contributed by atoms with Gasteiger partial charge in [0.05, 0.1) is 5.56 Å². The van der Waals surface area contributed by atoms with Crippen LogP contribution in [0.4, 0.5) is 5.69 Å². The fourth-order valence-corrected chi connectivity index (χ4v) is 1.30. The van der Waals surface area contributed by atoms with Gasteiger partial charge in [-0.3, -0.25) is 0 Å². The predicted octanol–water partition coefficient (Wildman–Crippen LogP) is 1.64. The molecule has 0 fully saturated rings. The number of esters is 1. The van der Waals surface area contributed by atoms with Gasteiger partial charge >= 0.3 is 5.97 Å². The first-order valence-corrected chi connectivity index (χ1v) is 5.25. The summed E-state index contributed by atoms with van der Waals surface area (Å²) < 4.78 is 5.06. The maximum Gasteiger partial charge on any atom is 0.340 e. The minimum atomic E-state index is -0.420. The van der Waals surface area contributed by atoms with Crippen molar-refractivity contribution in [1.29, 1.82) is 0 Å². The van der Waals surface area contributed by atoms with E-state index in [1.165, 1.54) is 6.07 Å². The number of anilines is 1. The summed E-state index contributed by atoms with van der Waals surface area (Å²) in [6.07, 6.45) is 0. The van der Waals surface area contributed by atoms with Crippen LogP contribution in [0.2, 0.25) is 5.02 Å². The lowest BCUT2D eigenvalue weighted by molar-refractivity contribution is 0.0483. The van der Waals surface area contributed by atoms with E-state index in [1.807, 2.05) is 19.0 Å². The lowest BCUT2D eigenvalue weighted by Gasteiger charge is -2.10. The van der Waals surface area contributed by atoms with Crippen LogP contribution in [-0.2, 0) is 4.74 Å². The fraction of sp³-hybridized carbons (Fsp3) is 0.364. The van der Waals surface area contributed by atoms with E-state index in [9.17, 15) is 4.79 Å². The van der Waals surface area contributed by atoms with Gasteiger partial charge in [-0.1, -0.05) is 11.6 Å². The Balaban J connectivity index is 2.59. The Morgan fingerprint density at radius 2 is 2.19 bits per heavy atom. The Morgan fingerprint density at radius 3 is 2.75 bits per heavy atom. The molecule has 0 aliphatic rings. The summed E-state index contributed by atoms with van der Waals surface area (Å²) in [6.45, 7) is 1.02. The number of benzene rings is 1. The average molecular weight is 243 g/mol. The topological polar surface area (TPSA) is 55.6 Å². The summed E-state index contributed by atoms with van der Waals surface area (Å²) in [5.74, 6) is -0.420. The molecule has 0 saturated carbocycles. The normalized spacial score (nSPS) is 10.5. The molecule has 1 rings (SSSR count). The van der Waals surface area contributed by atoms with Crippen LogP contribution in [0.15, 0.2) is 18.2 Å². The molecule has 16 heavy (non-hydrogen) atoms. The van der Waals surface area contributed by atoms with E-state index in [-0.39, 0.29) is 0 Å². The molecule has 0 radical (unpaired) electrons. The zero-order valence-corrected chi connectivity index (χ0v) is 10.1. The number of nitrogens with zero attached hydrogens (tertiary/aromatic N) is 1. The highest BCUT2D eigenvalue weighted by atomic mass is 35.5. The van der Waals surface area contributed by atoms with E-state index in [0.29, 0.717) is 29.4 Å². The van der Waals surface area contributed by atoms with Crippen LogP contribution in [0.3, 0.4) is 0 Å². The minimum Gasteiger partial charge on any atom is -0.461 e. The molecule has 0 saturated heterocycles. The lowest BCUT2D eigenvalue weighted by atomic mass is 10.2. The molecule has 1 aromatic rings. The van der Waals surface area contributed by atoms with Crippen molar-refractivity contribution in [3.63, 3.8) is 0 Å². The van der Waals surface area contributed by atoms with Gasteiger partial charge in [0.25, 0.3) is 0 Å². The number of ether oxygens (including phenoxy) is 1. The molecule has 4 nitrogen and oxygen atoms in total. The highest BCUT2D eigenvalue weighted by molar-refractivity contribution is 6.31. The van der Waals surface area contributed by atoms with Crippen molar-refractivity contribution in [3.05, 3.63) is 28.8 Å². The molecular weight excluding hydrogens is 228 g/mol. The maximum atomic E-state index is 11.6. The van der Waals surface area contributed by atoms with E-state index < -0.39 is 5.97 Å². The number of carbonyl (C=O) groups excluding carboxylic acids is 1. The van der Waals surface area contributed by atoms with Gasteiger partial charge in [0.1, 0.15) is 6.61 Å². The second-order valence-electron chi connectivity index (χ2n) is 3.67. The van der Waals surface area contributed by atoms with Gasteiger partial charge in [-0.05, 0) is 32.3 Å². The Kier molecular flexibility index (Phi) is 4.58. The Bertz CT molecular complexity index is 380. The molecule has 5 heteroatoms. The average Bonchev–Trinajstić information content (AvgIpc) is 2.16. The monoisotopic (exact) mass is 242 g/mol. The van der Waals surface area contributed by atoms with Gasteiger partial charge in [0, 0.05) is 17.3 Å². The lowest BCUT2D eigenvalue weighted by Crippen LogP contribution is -2.20. The summed E-state index contributed by atoms with van der Waals surface area (Å²) >= 11 is 5.73. The third-order valence-electron chi connectivity index (χ3n) is 2.01. The fourth-order valence-electron chi connectivity index (χ4n) is 1.12. The van der Waals surface area contributed by atoms with Crippen molar-refractivity contribution in [2.45, 2.75) is 0 Å². The van der Waals surface area contributed by atoms with Crippen LogP contribution in [-0.4, -0.2) is 38.1 Å². The molecule has 2 N–H and O–H groups in total. The Labute approximate surface area is 99.9 Å². The van der Waals surface area contributed by atoms with Crippen molar-refractivity contribution in [3.8, 4) is 0 Å². The highest BCUT2D eigenvalue weighted by Gasteiger charge is 2.11. The van der Waals surface area contributed by atoms with Gasteiger partial charge in [-0.2, -0.15) is 0 Å². The largest absolute Gasteiger partial charge is 0.461 e. The van der Waals surface area contributed by atoms with Gasteiger partial charge in [-0.25, -0.2) is 4.79 Å². The molecule has 0 bridgehead atoms. The zero-order valence-electron chi connectivity index (χ0n) is 9.37. The van der Waals surface area contributed by atoms with Crippen molar-refractivity contribution in [2.24, 2.45) is 0 Å². The molecule has 0 spiro atoms. The summed E-state index contributed by atoms with van der Waals surface area (Å²) in [6, 6.07) is 4.71. The second kappa shape index (κ2) is 5.72. The number of carbonyl (C=O) groups is 1. The molecule has 0 aromatic heterocycles. The van der Waals surface area contributed by atoms with E-state index in [1.54, 1.807) is 12.1 Å². The third-order valence-corrected chi connectivity index (χ3v) is 2.24. The van der Waals surface area contributed by atoms with Gasteiger partial charge in [-0.15, -0.1) is 0 Å². The minimum absolute atomic E-state index is 0.336. The van der Waals surface area contributed by atoms with Crippen molar-refractivity contribution < 1.29 is 9.53 Å². The summed E-state index contributed by atoms with van der Waals surface area (Å²) in [7, 11) is 3.81. The molecule has 0 atom stereocenters. The molecular formula is C11H15ClN2O2. The second-order valence-corrected chi connectivity index (χ2v) is 4.11. The van der Waals surface area contributed by atoms with Gasteiger partial charge < -0.3 is 15.4 Å². The first-order valence-electron chi connectivity index (χ1n) is 4.87. The van der Waals surface area contributed by atoms with Gasteiger partial charge in [0.15, 0.2) is 0 Å². The number of likely N-dealkylation sites (N-methyl/N-ethyl adjacent to an activating group) is 1. The van der Waals surface area contributed by atoms with E-state index in [4.69, 9.17) is 22.1 Å². The van der Waals surface area contributed by atoms with E-state index in [2.05, 4.69) is 0 Å². The van der Waals surface area contributed by atoms with Crippen LogP contribution in [0.5, 0.6) is 0 Å². The Hall–Kier alpha value is -1.26. The van der Waals surface area contributed by atoms with Crippen molar-refractivity contribution in [2.75, 3.05) is 33.0 Å². The van der Waals surface area contributed by atoms with Crippen LogP contribution in [0.25, 0.3) is 0 Å². The number of rotatable bonds is 4. The van der Waals surface area contributed by atoms with Crippen molar-refractivity contribution in [1.82, 2.24) is 4.90 Å². The van der Waals surface area contributed by atoms with E-state index >= 15 is 0 Å². The van der Waals surface area contributed by atoms with Crippen LogP contribution >= 0.6 is 11.6 Å². The van der Waals surface area contributed by atoms with Crippen LogP contribution < -0.4 is 5.73 Å². The molecule has 0 aliphatic heterocycles. The first kappa shape index (κ1) is 12.8. The molecule has 0 aliphatic carbocycles. The standard InChI is InChI=1S/C11H15ClN2O2/c1-14(2)5-6-16-11(15)9-4-3-8(12)7-10(9)13/h3-4,7H,5-6,13H2,1-2H3. The molecule has 0 amide bonds. The molecule has 0 heterocycles. The summed E-state index contributed by atoms with van der Waals surface area (Å²) in [5.41, 5.74) is 6.34. The number of halogens is 1. The maximum absolute atomic E-state index is 11.6. The Morgan fingerprint density at radius 1 is 1.50 bits per heavy atom. The van der Waals surface area contributed by atoms with Crippen LogP contribution in [0, 0.1) is 0 Å².